The van der Waals surface area contributed by atoms with Crippen LogP contribution in [0, 0.1) is 0 Å². The van der Waals surface area contributed by atoms with Crippen LogP contribution in [0.15, 0.2) is 0 Å². The summed E-state index contributed by atoms with van der Waals surface area (Å²) in [5.41, 5.74) is 0. The van der Waals surface area contributed by atoms with E-state index in [9.17, 15) is 0 Å². The second kappa shape index (κ2) is 20.8. The van der Waals surface area contributed by atoms with E-state index in [1.54, 1.807) is 7.11 Å². The highest BCUT2D eigenvalue weighted by molar-refractivity contribution is 4.49. The minimum Gasteiger partial charge on any atom is -0.394 e. The molecule has 0 saturated carbocycles. The maximum Gasteiger partial charge on any atom is 0.0779 e. The largest absolute Gasteiger partial charge is 0.394 e. The lowest BCUT2D eigenvalue weighted by molar-refractivity contribution is -0.0313. The molecule has 2 unspecified atom stereocenters. The van der Waals surface area contributed by atoms with Crippen LogP contribution < -0.4 is 0 Å². The lowest BCUT2D eigenvalue weighted by Crippen LogP contribution is -2.21. The predicted octanol–water partition coefficient (Wildman–Crippen LogP) is 3.04. The molecule has 0 aromatic rings. The van der Waals surface area contributed by atoms with Crippen molar-refractivity contribution < 1.29 is 24.1 Å². The molecule has 2 atom stereocenters. The van der Waals surface area contributed by atoms with Gasteiger partial charge in [0.15, 0.2) is 0 Å². The highest BCUT2D eigenvalue weighted by Crippen LogP contribution is 1.93. The molecule has 0 amide bonds. The summed E-state index contributed by atoms with van der Waals surface area (Å²) in [4.78, 5) is 0. The van der Waals surface area contributed by atoms with E-state index in [2.05, 4.69) is 13.8 Å². The molecule has 0 bridgehead atoms. The fourth-order valence-electron chi connectivity index (χ4n) is 1.24. The molecule has 0 spiro atoms. The normalized spacial score (nSPS) is 13.4. The Morgan fingerprint density at radius 1 is 0.818 bits per heavy atom. The fraction of sp³-hybridized carbons (Fsp3) is 1.00. The molecule has 136 valence electrons. The van der Waals surface area contributed by atoms with Crippen LogP contribution in [0.25, 0.3) is 0 Å². The maximum atomic E-state index is 8.55. The van der Waals surface area contributed by atoms with Gasteiger partial charge in [0, 0.05) is 20.3 Å². The number of methoxy groups -OCH3 is 1. The molecule has 0 saturated heterocycles. The van der Waals surface area contributed by atoms with Gasteiger partial charge in [-0.3, -0.25) is 0 Å². The summed E-state index contributed by atoms with van der Waals surface area (Å²) in [6.07, 6.45) is 4.75. The average Bonchev–Trinajstić information content (AvgIpc) is 2.55. The van der Waals surface area contributed by atoms with Gasteiger partial charge < -0.3 is 24.1 Å². The van der Waals surface area contributed by atoms with E-state index in [1.165, 1.54) is 12.8 Å². The highest BCUT2D eigenvalue weighted by atomic mass is 16.5. The zero-order chi connectivity index (χ0) is 17.1. The van der Waals surface area contributed by atoms with Gasteiger partial charge in [-0.05, 0) is 26.7 Å². The minimum absolute atomic E-state index is 0.0659. The Morgan fingerprint density at radius 3 is 1.68 bits per heavy atom. The Labute approximate surface area is 137 Å². The van der Waals surface area contributed by atoms with Crippen LogP contribution in [-0.2, 0) is 18.9 Å². The summed E-state index contributed by atoms with van der Waals surface area (Å²) >= 11 is 0. The van der Waals surface area contributed by atoms with E-state index in [-0.39, 0.29) is 18.8 Å². The molecule has 22 heavy (non-hydrogen) atoms. The third kappa shape index (κ3) is 22.1. The molecular weight excluding hydrogens is 284 g/mol. The van der Waals surface area contributed by atoms with Gasteiger partial charge in [0.1, 0.15) is 0 Å². The van der Waals surface area contributed by atoms with Crippen molar-refractivity contribution >= 4 is 0 Å². The van der Waals surface area contributed by atoms with Crippen molar-refractivity contribution in [1.82, 2.24) is 0 Å². The fourth-order valence-corrected chi connectivity index (χ4v) is 1.24. The molecule has 0 rings (SSSR count). The lowest BCUT2D eigenvalue weighted by Gasteiger charge is -2.13. The second-order valence-electron chi connectivity index (χ2n) is 5.30. The lowest BCUT2D eigenvalue weighted by atomic mass is 10.4. The molecule has 5 nitrogen and oxygen atoms in total. The number of unbranched alkanes of at least 4 members (excludes halogenated alkanes) is 2. The second-order valence-corrected chi connectivity index (χ2v) is 5.30. The van der Waals surface area contributed by atoms with Crippen molar-refractivity contribution in [2.45, 2.75) is 65.6 Å². The van der Waals surface area contributed by atoms with Gasteiger partial charge in [0.25, 0.3) is 0 Å². The van der Waals surface area contributed by atoms with Crippen LogP contribution in [0.3, 0.4) is 0 Å². The van der Waals surface area contributed by atoms with Gasteiger partial charge in [-0.15, -0.1) is 0 Å². The monoisotopic (exact) mass is 322 g/mol. The smallest absolute Gasteiger partial charge is 0.0779 e. The summed E-state index contributed by atoms with van der Waals surface area (Å²) in [5.74, 6) is 0. The third-order valence-electron chi connectivity index (χ3n) is 2.93. The first-order valence-corrected chi connectivity index (χ1v) is 8.52. The van der Waals surface area contributed by atoms with E-state index < -0.39 is 0 Å². The summed E-state index contributed by atoms with van der Waals surface area (Å²) in [6.45, 7) is 12.0. The van der Waals surface area contributed by atoms with Crippen molar-refractivity contribution in [2.75, 3.05) is 46.8 Å². The van der Waals surface area contributed by atoms with Gasteiger partial charge in [-0.2, -0.15) is 0 Å². The van der Waals surface area contributed by atoms with Crippen LogP contribution in [0.4, 0.5) is 0 Å². The zero-order valence-electron chi connectivity index (χ0n) is 15.3. The molecule has 0 fully saturated rings. The first-order chi connectivity index (χ1) is 10.6. The zero-order valence-corrected chi connectivity index (χ0v) is 15.3. The summed E-state index contributed by atoms with van der Waals surface area (Å²) < 4.78 is 20.8. The van der Waals surface area contributed by atoms with Crippen molar-refractivity contribution in [3.8, 4) is 0 Å². The molecule has 0 aromatic heterocycles. The highest BCUT2D eigenvalue weighted by Gasteiger charge is 2.03. The SMILES string of the molecule is CCCCOCCOCCCC.COC(C)COC(C)CO. The van der Waals surface area contributed by atoms with Gasteiger partial charge >= 0.3 is 0 Å². The van der Waals surface area contributed by atoms with Gasteiger partial charge in [-0.1, -0.05) is 26.7 Å². The quantitative estimate of drug-likeness (QED) is 0.498. The van der Waals surface area contributed by atoms with E-state index in [1.807, 2.05) is 13.8 Å². The molecule has 0 aliphatic rings. The summed E-state index contributed by atoms with van der Waals surface area (Å²) in [5, 5.41) is 8.55. The van der Waals surface area contributed by atoms with E-state index in [0.717, 1.165) is 39.3 Å². The Kier molecular flexibility index (Phi) is 22.7. The minimum atomic E-state index is -0.0856. The topological polar surface area (TPSA) is 57.2 Å². The van der Waals surface area contributed by atoms with Crippen molar-refractivity contribution in [3.63, 3.8) is 0 Å². The van der Waals surface area contributed by atoms with E-state index >= 15 is 0 Å². The summed E-state index contributed by atoms with van der Waals surface area (Å²) in [7, 11) is 1.64. The molecule has 0 aromatic carbocycles. The Bertz CT molecular complexity index is 170. The number of ether oxygens (including phenoxy) is 4. The molecule has 1 N–H and O–H groups in total. The van der Waals surface area contributed by atoms with Gasteiger partial charge in [-0.25, -0.2) is 0 Å². The van der Waals surface area contributed by atoms with Crippen LogP contribution in [0.2, 0.25) is 0 Å². The Balaban J connectivity index is 0. The first kappa shape index (κ1) is 24.1. The van der Waals surface area contributed by atoms with Gasteiger partial charge in [0.05, 0.1) is 38.6 Å². The van der Waals surface area contributed by atoms with Crippen LogP contribution in [0.5, 0.6) is 0 Å². The van der Waals surface area contributed by atoms with Crippen molar-refractivity contribution in [1.29, 1.82) is 0 Å². The molecule has 5 heteroatoms. The maximum absolute atomic E-state index is 8.55. The first-order valence-electron chi connectivity index (χ1n) is 8.52. The summed E-state index contributed by atoms with van der Waals surface area (Å²) in [6, 6.07) is 0. The molecule has 0 aliphatic carbocycles. The predicted molar refractivity (Wildman–Crippen MR) is 90.4 cm³/mol. The van der Waals surface area contributed by atoms with Crippen molar-refractivity contribution in [3.05, 3.63) is 0 Å². The molecule has 0 heterocycles. The molecule has 0 aliphatic heterocycles. The number of rotatable bonds is 14. The molecule has 0 radical (unpaired) electrons. The Hall–Kier alpha value is -0.200. The number of aliphatic hydroxyl groups is 1. The van der Waals surface area contributed by atoms with Crippen LogP contribution >= 0.6 is 0 Å². The number of aliphatic hydroxyl groups excluding tert-OH is 1. The number of hydrogen-bond acceptors (Lipinski definition) is 5. The standard InChI is InChI=1S/C10H22O2.C7H16O3/c1-3-5-7-11-9-10-12-8-6-4-2;1-6(4-8)10-5-7(2)9-3/h3-10H2,1-2H3;6-8H,4-5H2,1-3H3. The van der Waals surface area contributed by atoms with Crippen LogP contribution in [-0.4, -0.2) is 64.1 Å². The number of hydrogen-bond donors (Lipinski definition) is 1. The van der Waals surface area contributed by atoms with E-state index in [0.29, 0.717) is 6.61 Å². The van der Waals surface area contributed by atoms with Gasteiger partial charge in [0.2, 0.25) is 0 Å². The van der Waals surface area contributed by atoms with E-state index in [4.69, 9.17) is 24.1 Å². The third-order valence-corrected chi connectivity index (χ3v) is 2.93. The molecular formula is C17H38O5. The Morgan fingerprint density at radius 2 is 1.32 bits per heavy atom. The average molecular weight is 322 g/mol. The van der Waals surface area contributed by atoms with Crippen LogP contribution in [0.1, 0.15) is 53.4 Å². The van der Waals surface area contributed by atoms with Crippen molar-refractivity contribution in [2.24, 2.45) is 0 Å².